The molecule has 0 spiro atoms. The van der Waals surface area contributed by atoms with E-state index < -0.39 is 95.7 Å². The van der Waals surface area contributed by atoms with Gasteiger partial charge in [0.2, 0.25) is 35.4 Å². The molecule has 10 rings (SSSR count). The zero-order chi connectivity index (χ0) is 73.0. The van der Waals surface area contributed by atoms with Crippen molar-refractivity contribution >= 4 is 111 Å². The maximum atomic E-state index is 13.2. The normalized spacial score (nSPS) is 31.7. The van der Waals surface area contributed by atoms with Gasteiger partial charge in [0.1, 0.15) is 47.8 Å². The Morgan fingerprint density at radius 2 is 1.28 bits per heavy atom. The fourth-order valence-corrected chi connectivity index (χ4v) is 22.0. The number of thioether (sulfide) groups is 2. The van der Waals surface area contributed by atoms with Crippen LogP contribution < -0.4 is 16.4 Å². The second kappa shape index (κ2) is 33.7. The van der Waals surface area contributed by atoms with Crippen LogP contribution in [-0.4, -0.2) is 218 Å². The number of ether oxygens (including phenoxy) is 3. The van der Waals surface area contributed by atoms with Crippen molar-refractivity contribution in [3.8, 4) is 0 Å². The summed E-state index contributed by atoms with van der Waals surface area (Å²) in [5.41, 5.74) is 4.19. The number of amides is 6. The average Bonchev–Trinajstić information content (AvgIpc) is 0.727. The average molecular weight is 1520 g/mol. The first-order valence-corrected chi connectivity index (χ1v) is 41.4. The smallest absolute Gasteiger partial charge is 0.386 e. The van der Waals surface area contributed by atoms with E-state index >= 15 is 0 Å². The maximum absolute atomic E-state index is 13.2. The fourth-order valence-electron chi connectivity index (χ4n) is 16.9. The molecule has 10 N–H and O–H groups in total. The summed E-state index contributed by atoms with van der Waals surface area (Å²) in [4.78, 5) is 156. The Balaban J connectivity index is 0.497. The van der Waals surface area contributed by atoms with Crippen LogP contribution in [0.4, 0.5) is 5.82 Å². The van der Waals surface area contributed by atoms with E-state index in [1.807, 2.05) is 0 Å². The Morgan fingerprint density at radius 3 is 1.94 bits per heavy atom. The van der Waals surface area contributed by atoms with Crippen molar-refractivity contribution in [3.05, 3.63) is 12.7 Å². The maximum Gasteiger partial charge on any atom is 0.481 e. The second-order valence-corrected chi connectivity index (χ2v) is 35.5. The van der Waals surface area contributed by atoms with Gasteiger partial charge in [-0.2, -0.15) is 4.31 Å². The molecule has 5 aliphatic carbocycles. The Morgan fingerprint density at radius 1 is 0.693 bits per heavy atom. The molecule has 101 heavy (non-hydrogen) atoms. The van der Waals surface area contributed by atoms with Crippen LogP contribution in [0.5, 0.6) is 0 Å². The van der Waals surface area contributed by atoms with Crippen molar-refractivity contribution in [2.24, 2.45) is 76.4 Å². The van der Waals surface area contributed by atoms with Gasteiger partial charge >= 0.3 is 23.5 Å². The van der Waals surface area contributed by atoms with E-state index in [0.717, 1.165) is 112 Å². The summed E-state index contributed by atoms with van der Waals surface area (Å²) in [7, 11) is -16.6. The van der Waals surface area contributed by atoms with Crippen LogP contribution >= 0.6 is 47.0 Å². The minimum absolute atomic E-state index is 0.0119. The van der Waals surface area contributed by atoms with Crippen molar-refractivity contribution in [2.75, 3.05) is 83.1 Å². The van der Waals surface area contributed by atoms with Crippen LogP contribution in [0.3, 0.4) is 0 Å². The van der Waals surface area contributed by atoms with E-state index in [-0.39, 0.29) is 122 Å². The first kappa shape index (κ1) is 79.3. The van der Waals surface area contributed by atoms with E-state index in [9.17, 15) is 81.8 Å². The molecule has 33 nitrogen and oxygen atoms in total. The predicted molar refractivity (Wildman–Crippen MR) is 362 cm³/mol. The quantitative estimate of drug-likeness (QED) is 0.0197. The van der Waals surface area contributed by atoms with Gasteiger partial charge in [0, 0.05) is 88.9 Å². The highest BCUT2D eigenvalue weighted by Crippen LogP contribution is 2.87. The number of carbonyl (C=O) groups is 8. The van der Waals surface area contributed by atoms with Crippen molar-refractivity contribution in [1.82, 2.24) is 40.0 Å². The minimum atomic E-state index is -5.63. The third kappa shape index (κ3) is 18.4. The molecule has 8 fully saturated rings. The molecule has 3 aliphatic heterocycles. The largest absolute Gasteiger partial charge is 0.481 e. The molecule has 0 aromatic carbocycles. The number of phosphoric acid groups is 3. The highest BCUT2D eigenvalue weighted by molar-refractivity contribution is 8.00. The van der Waals surface area contributed by atoms with Gasteiger partial charge in [0.05, 0.1) is 49.9 Å². The summed E-state index contributed by atoms with van der Waals surface area (Å²) < 4.78 is 73.9. The molecule has 6 amide bonds. The van der Waals surface area contributed by atoms with Gasteiger partial charge in [-0.1, -0.05) is 41.0 Å². The molecule has 17 unspecified atom stereocenters. The summed E-state index contributed by atoms with van der Waals surface area (Å²) in [6, 6.07) is 0. The zero-order valence-electron chi connectivity index (χ0n) is 57.3. The lowest BCUT2D eigenvalue weighted by molar-refractivity contribution is -0.413. The van der Waals surface area contributed by atoms with Gasteiger partial charge in [-0.05, 0) is 109 Å². The Kier molecular flexibility index (Phi) is 26.5. The summed E-state index contributed by atoms with van der Waals surface area (Å²) in [5.74, 6) is 10.1. The number of nitrogens with zero attached hydrogens (tertiary/aromatic N) is 6. The summed E-state index contributed by atoms with van der Waals surface area (Å²) in [6.07, 6.45) is -1.71. The fraction of sp³-hybridized carbons (Fsp3) is 0.794. The summed E-state index contributed by atoms with van der Waals surface area (Å²) in [5, 5.41) is 25.8. The molecule has 0 bridgehead atoms. The number of unbranched alkanes of at least 4 members (excludes halogenated alkanes) is 2. The van der Waals surface area contributed by atoms with E-state index in [1.54, 1.807) is 11.8 Å². The number of likely N-dealkylation sites (tertiary alicyclic amines) is 2. The number of imide groups is 2. The molecule has 2 aromatic rings. The van der Waals surface area contributed by atoms with Crippen molar-refractivity contribution in [3.63, 3.8) is 0 Å². The molecular weight excluding hydrogens is 1420 g/mol. The molecular formula is C63H96N9O24P3S2. The van der Waals surface area contributed by atoms with Gasteiger partial charge in [-0.25, -0.2) is 28.6 Å². The number of ketones is 2. The van der Waals surface area contributed by atoms with Gasteiger partial charge in [-0.15, -0.1) is 23.5 Å². The molecule has 0 radical (unpaired) electrons. The van der Waals surface area contributed by atoms with Gasteiger partial charge in [-0.3, -0.25) is 66.3 Å². The van der Waals surface area contributed by atoms with E-state index in [4.69, 9.17) is 29.0 Å². The first-order valence-electron chi connectivity index (χ1n) is 34.8. The van der Waals surface area contributed by atoms with Crippen LogP contribution in [0.1, 0.15) is 124 Å². The molecule has 8 aliphatic rings. The van der Waals surface area contributed by atoms with E-state index in [1.165, 1.54) is 30.5 Å². The minimum Gasteiger partial charge on any atom is -0.386 e. The first-order chi connectivity index (χ1) is 47.8. The van der Waals surface area contributed by atoms with Crippen LogP contribution in [-0.2, 0) is 84.1 Å². The number of nitrogens with two attached hydrogens (primary N) is 1. The van der Waals surface area contributed by atoms with Gasteiger partial charge in [0.15, 0.2) is 17.7 Å². The number of aliphatic hydroxyl groups is 2. The number of carbonyl (C=O) groups excluding carboxylic acids is 8. The number of Topliss-reactive ketones (excluding diaryl/α,β-unsaturated/α-hetero) is 2. The number of fused-ring (bicyclic) bond motifs is 11. The SMILES string of the molecule is CC1C(C)C2C1C1C2C2C3C(CCSC4CC(=O)N(CCCCCC(=O)CCCOCCOCCC(=O)CCCN5C(=O)CC(SCCNC(=O)CCNC(=O)[C@H](O)C(C)(C)COP(=O)(O)OP(=O)(O)OC[C@H]6O[C@@H](n7cnc8c(N)ncnc87)[C@@H](O)C6OP(=O)(O)O)C5=O)C4=O)C(C)C3C12. The van der Waals surface area contributed by atoms with E-state index in [0.29, 0.717) is 58.3 Å². The Hall–Kier alpha value is -4.22. The number of aromatic nitrogens is 4. The number of aliphatic hydroxyl groups excluding tert-OH is 2. The molecule has 564 valence electrons. The molecule has 38 heteroatoms. The van der Waals surface area contributed by atoms with Gasteiger partial charge in [0.25, 0.3) is 0 Å². The van der Waals surface area contributed by atoms with E-state index in [2.05, 4.69) is 55.2 Å². The third-order valence-electron chi connectivity index (χ3n) is 22.1. The number of nitrogen functional groups attached to an aromatic ring is 1. The van der Waals surface area contributed by atoms with Crippen molar-refractivity contribution in [2.45, 2.75) is 159 Å². The highest BCUT2D eigenvalue weighted by Gasteiger charge is 2.83. The molecule has 2 aromatic heterocycles. The van der Waals surface area contributed by atoms with Crippen molar-refractivity contribution < 1.29 is 114 Å². The van der Waals surface area contributed by atoms with Crippen LogP contribution in [0, 0.1) is 76.4 Å². The monoisotopic (exact) mass is 1520 g/mol. The van der Waals surface area contributed by atoms with Crippen LogP contribution in [0.15, 0.2) is 12.7 Å². The molecule has 21 atom stereocenters. The lowest BCUT2D eigenvalue weighted by Gasteiger charge is -2.88. The number of nitrogens with one attached hydrogen (secondary N) is 2. The predicted octanol–water partition coefficient (Wildman–Crippen LogP) is 3.72. The Bertz CT molecular complexity index is 3510. The zero-order valence-corrected chi connectivity index (χ0v) is 61.6. The lowest BCUT2D eigenvalue weighted by atomic mass is 9.16. The van der Waals surface area contributed by atoms with Crippen LogP contribution in [0.25, 0.3) is 11.2 Å². The number of imidazole rings is 1. The standard InChI is InChI=1S/C63H96N9O24P3S2/c1-33-34(2)46-45(33)49-50(46)52-48-38(35(3)47(48)51(49)52)16-25-100-40-27-43(76)70(60(40)81)19-8-6-7-11-36(73)13-10-21-90-23-24-91-22-15-37(74)12-9-20-71-44(77)28-41(61(71)82)101-26-18-65-42(75)14-17-66-59(80)56(79)63(4,5)30-93-99(88,89)96-98(86,87)92-29-39-55(95-97(83,84)85)54(78)62(94-39)72-32-69-53-57(64)67-31-68-58(53)72/h31-35,38-41,45-52,54-56,62,78-79H,6-30H2,1-5H3,(H,65,75)(H,66,80)(H,86,87)(H,88,89)(H2,64,67,68)(H2,83,84,85)/t33?,34?,35?,38?,39-,40?,41?,45?,46?,47?,48?,49?,50?,51?,52?,54+,55?,56+,62-/m1/s1. The molecule has 3 saturated heterocycles. The molecule has 5 saturated carbocycles. The Labute approximate surface area is 593 Å². The molecule has 5 heterocycles. The van der Waals surface area contributed by atoms with Crippen LogP contribution in [0.2, 0.25) is 0 Å². The number of phosphoric ester groups is 3. The number of hydrogen-bond donors (Lipinski definition) is 9. The summed E-state index contributed by atoms with van der Waals surface area (Å²) >= 11 is 2.86. The lowest BCUT2D eigenvalue weighted by Crippen LogP contribution is -2.85. The number of hydrogen-bond acceptors (Lipinski definition) is 26. The topological polar surface area (TPSA) is 474 Å². The summed E-state index contributed by atoms with van der Waals surface area (Å²) in [6.45, 7) is 9.20. The number of anilines is 1. The third-order valence-corrected chi connectivity index (χ3v) is 27.6. The van der Waals surface area contributed by atoms with Gasteiger partial charge < -0.3 is 60.4 Å². The number of rotatable bonds is 44. The van der Waals surface area contributed by atoms with Crippen molar-refractivity contribution in [1.29, 1.82) is 0 Å². The second-order valence-electron chi connectivity index (χ2n) is 28.7. The highest BCUT2D eigenvalue weighted by atomic mass is 32.2.